The molecule has 0 radical (unpaired) electrons. The molecular weight excluding hydrogens is 256 g/mol. The van der Waals surface area contributed by atoms with E-state index in [1.165, 1.54) is 0 Å². The van der Waals surface area contributed by atoms with Gasteiger partial charge in [-0.05, 0) is 47.0 Å². The SMILES string of the molecule is CC(C)CCNC(=O)C(C)NC(C)(C)C(C)(C)C(=O)O. The molecule has 0 saturated carbocycles. The predicted octanol–water partition coefficient (Wildman–Crippen LogP) is 2.02. The minimum Gasteiger partial charge on any atom is -0.481 e. The van der Waals surface area contributed by atoms with Gasteiger partial charge in [0.1, 0.15) is 0 Å². The van der Waals surface area contributed by atoms with Crippen molar-refractivity contribution in [2.75, 3.05) is 6.54 Å². The van der Waals surface area contributed by atoms with Gasteiger partial charge in [0.05, 0.1) is 11.5 Å². The molecule has 0 aromatic rings. The first-order chi connectivity index (χ1) is 8.91. The fourth-order valence-electron chi connectivity index (χ4n) is 1.69. The number of aliphatic carboxylic acids is 1. The average molecular weight is 286 g/mol. The number of nitrogens with one attached hydrogen (secondary N) is 2. The molecule has 1 atom stereocenters. The molecule has 0 aromatic carbocycles. The van der Waals surface area contributed by atoms with Crippen LogP contribution >= 0.6 is 0 Å². The van der Waals surface area contributed by atoms with Crippen molar-refractivity contribution in [1.82, 2.24) is 10.6 Å². The van der Waals surface area contributed by atoms with E-state index in [1.807, 2.05) is 0 Å². The Morgan fingerprint density at radius 1 is 1.10 bits per heavy atom. The summed E-state index contributed by atoms with van der Waals surface area (Å²) in [6.07, 6.45) is 0.933. The maximum absolute atomic E-state index is 12.0. The predicted molar refractivity (Wildman–Crippen MR) is 80.6 cm³/mol. The van der Waals surface area contributed by atoms with E-state index in [1.54, 1.807) is 34.6 Å². The number of hydrogen-bond acceptors (Lipinski definition) is 3. The third-order valence-corrected chi connectivity index (χ3v) is 4.09. The zero-order valence-corrected chi connectivity index (χ0v) is 13.8. The summed E-state index contributed by atoms with van der Waals surface area (Å²) in [5.74, 6) is -0.441. The normalized spacial score (nSPS) is 14.2. The molecule has 1 unspecified atom stereocenters. The van der Waals surface area contributed by atoms with Crippen molar-refractivity contribution < 1.29 is 14.7 Å². The minimum atomic E-state index is -0.973. The molecule has 3 N–H and O–H groups in total. The van der Waals surface area contributed by atoms with E-state index in [9.17, 15) is 14.7 Å². The lowest BCUT2D eigenvalue weighted by Gasteiger charge is -2.40. The van der Waals surface area contributed by atoms with Gasteiger partial charge in [0.15, 0.2) is 0 Å². The van der Waals surface area contributed by atoms with Crippen molar-refractivity contribution in [1.29, 1.82) is 0 Å². The van der Waals surface area contributed by atoms with Crippen LogP contribution in [0.5, 0.6) is 0 Å². The first-order valence-corrected chi connectivity index (χ1v) is 7.20. The maximum atomic E-state index is 12.0. The number of carbonyl (C=O) groups is 2. The number of rotatable bonds is 8. The van der Waals surface area contributed by atoms with E-state index in [2.05, 4.69) is 24.5 Å². The molecule has 0 aromatic heterocycles. The van der Waals surface area contributed by atoms with Crippen LogP contribution in [0.25, 0.3) is 0 Å². The Hall–Kier alpha value is -1.10. The summed E-state index contributed by atoms with van der Waals surface area (Å²) in [6.45, 7) is 13.5. The summed E-state index contributed by atoms with van der Waals surface area (Å²) in [5, 5.41) is 15.3. The van der Waals surface area contributed by atoms with E-state index >= 15 is 0 Å². The first-order valence-electron chi connectivity index (χ1n) is 7.20. The lowest BCUT2D eigenvalue weighted by molar-refractivity contribution is -0.151. The highest BCUT2D eigenvalue weighted by molar-refractivity contribution is 5.81. The molecule has 0 aliphatic rings. The van der Waals surface area contributed by atoms with Crippen LogP contribution in [0.2, 0.25) is 0 Å². The highest BCUT2D eigenvalue weighted by Gasteiger charge is 2.44. The highest BCUT2D eigenvalue weighted by Crippen LogP contribution is 2.31. The van der Waals surface area contributed by atoms with Crippen LogP contribution in [-0.4, -0.2) is 35.1 Å². The molecule has 0 aliphatic carbocycles. The molecule has 118 valence electrons. The topological polar surface area (TPSA) is 78.4 Å². The molecule has 1 amide bonds. The smallest absolute Gasteiger partial charge is 0.310 e. The Morgan fingerprint density at radius 2 is 1.60 bits per heavy atom. The molecule has 0 aliphatic heterocycles. The monoisotopic (exact) mass is 286 g/mol. The summed E-state index contributed by atoms with van der Waals surface area (Å²) in [6, 6.07) is -0.434. The Bertz CT molecular complexity index is 349. The van der Waals surface area contributed by atoms with E-state index in [0.29, 0.717) is 12.5 Å². The van der Waals surface area contributed by atoms with Gasteiger partial charge in [0, 0.05) is 12.1 Å². The summed E-state index contributed by atoms with van der Waals surface area (Å²) in [7, 11) is 0. The van der Waals surface area contributed by atoms with Gasteiger partial charge in [0.25, 0.3) is 0 Å². The zero-order valence-electron chi connectivity index (χ0n) is 13.8. The fraction of sp³-hybridized carbons (Fsp3) is 0.867. The molecule has 0 rings (SSSR count). The van der Waals surface area contributed by atoms with Gasteiger partial charge in [-0.3, -0.25) is 14.9 Å². The van der Waals surface area contributed by atoms with Crippen LogP contribution in [0.15, 0.2) is 0 Å². The van der Waals surface area contributed by atoms with E-state index < -0.39 is 23.0 Å². The number of amides is 1. The van der Waals surface area contributed by atoms with Crippen LogP contribution in [0.4, 0.5) is 0 Å². The summed E-state index contributed by atoms with van der Waals surface area (Å²) in [5.41, 5.74) is -1.67. The van der Waals surface area contributed by atoms with Crippen molar-refractivity contribution in [2.24, 2.45) is 11.3 Å². The van der Waals surface area contributed by atoms with Crippen molar-refractivity contribution >= 4 is 11.9 Å². The number of carboxylic acids is 1. The van der Waals surface area contributed by atoms with E-state index in [0.717, 1.165) is 6.42 Å². The quantitative estimate of drug-likeness (QED) is 0.638. The third kappa shape index (κ3) is 5.12. The van der Waals surface area contributed by atoms with Gasteiger partial charge >= 0.3 is 5.97 Å². The second-order valence-corrected chi connectivity index (χ2v) is 6.89. The first kappa shape index (κ1) is 18.9. The molecule has 0 spiro atoms. The lowest BCUT2D eigenvalue weighted by atomic mass is 9.74. The molecular formula is C15H30N2O3. The van der Waals surface area contributed by atoms with Gasteiger partial charge < -0.3 is 10.4 Å². The third-order valence-electron chi connectivity index (χ3n) is 4.09. The van der Waals surface area contributed by atoms with Crippen molar-refractivity contribution in [2.45, 2.75) is 66.5 Å². The van der Waals surface area contributed by atoms with E-state index in [-0.39, 0.29) is 5.91 Å². The summed E-state index contributed by atoms with van der Waals surface area (Å²) < 4.78 is 0. The van der Waals surface area contributed by atoms with Crippen LogP contribution in [-0.2, 0) is 9.59 Å². The maximum Gasteiger partial charge on any atom is 0.310 e. The second-order valence-electron chi connectivity index (χ2n) is 6.89. The lowest BCUT2D eigenvalue weighted by Crippen LogP contribution is -2.60. The Morgan fingerprint density at radius 3 is 2.00 bits per heavy atom. The van der Waals surface area contributed by atoms with Gasteiger partial charge in [-0.1, -0.05) is 13.8 Å². The summed E-state index contributed by atoms with van der Waals surface area (Å²) >= 11 is 0. The Kier molecular flexibility index (Phi) is 6.68. The van der Waals surface area contributed by atoms with Crippen LogP contribution in [0, 0.1) is 11.3 Å². The van der Waals surface area contributed by atoms with Gasteiger partial charge in [0.2, 0.25) is 5.91 Å². The van der Waals surface area contributed by atoms with Crippen LogP contribution in [0.1, 0.15) is 54.9 Å². The second kappa shape index (κ2) is 7.07. The van der Waals surface area contributed by atoms with Crippen molar-refractivity contribution in [3.05, 3.63) is 0 Å². The molecule has 20 heavy (non-hydrogen) atoms. The van der Waals surface area contributed by atoms with Crippen molar-refractivity contribution in [3.8, 4) is 0 Å². The highest BCUT2D eigenvalue weighted by atomic mass is 16.4. The zero-order chi connectivity index (χ0) is 16.1. The molecule has 0 fully saturated rings. The fourth-order valence-corrected chi connectivity index (χ4v) is 1.69. The van der Waals surface area contributed by atoms with Crippen LogP contribution < -0.4 is 10.6 Å². The van der Waals surface area contributed by atoms with Gasteiger partial charge in [-0.25, -0.2) is 0 Å². The van der Waals surface area contributed by atoms with Gasteiger partial charge in [-0.2, -0.15) is 0 Å². The average Bonchev–Trinajstić information content (AvgIpc) is 2.26. The minimum absolute atomic E-state index is 0.0973. The summed E-state index contributed by atoms with van der Waals surface area (Å²) in [4.78, 5) is 23.3. The standard InChI is InChI=1S/C15H30N2O3/c1-10(2)8-9-16-12(18)11(3)17-15(6,7)14(4,5)13(19)20/h10-11,17H,8-9H2,1-7H3,(H,16,18)(H,19,20). The largest absolute Gasteiger partial charge is 0.481 e. The van der Waals surface area contributed by atoms with Crippen molar-refractivity contribution in [3.63, 3.8) is 0 Å². The number of carboxylic acid groups (broad SMARTS) is 1. The van der Waals surface area contributed by atoms with Gasteiger partial charge in [-0.15, -0.1) is 0 Å². The Labute approximate surface area is 122 Å². The molecule has 0 heterocycles. The molecule has 5 nitrogen and oxygen atoms in total. The number of carbonyl (C=O) groups excluding carboxylic acids is 1. The van der Waals surface area contributed by atoms with Crippen LogP contribution in [0.3, 0.4) is 0 Å². The number of hydrogen-bond donors (Lipinski definition) is 3. The molecule has 0 saturated heterocycles. The van der Waals surface area contributed by atoms with E-state index in [4.69, 9.17) is 0 Å². The Balaban J connectivity index is 4.54. The molecule has 0 bridgehead atoms. The molecule has 5 heteroatoms.